The van der Waals surface area contributed by atoms with E-state index in [1.165, 1.54) is 11.3 Å². The van der Waals surface area contributed by atoms with Gasteiger partial charge in [0.2, 0.25) is 5.13 Å². The molecule has 0 radical (unpaired) electrons. The van der Waals surface area contributed by atoms with Gasteiger partial charge < -0.3 is 0 Å². The number of aryl methyl sites for hydroxylation is 1. The first-order chi connectivity index (χ1) is 9.65. The molecule has 100 valence electrons. The lowest BCUT2D eigenvalue weighted by atomic mass is 10.3. The number of carbonyl (C=O) groups excluding carboxylic acids is 2. The van der Waals surface area contributed by atoms with Gasteiger partial charge in [-0.1, -0.05) is 28.7 Å². The highest BCUT2D eigenvalue weighted by atomic mass is 32.1. The van der Waals surface area contributed by atoms with E-state index in [0.29, 0.717) is 16.0 Å². The Kier molecular flexibility index (Phi) is 2.95. The molecule has 0 bridgehead atoms. The van der Waals surface area contributed by atoms with Crippen molar-refractivity contribution in [3.8, 4) is 0 Å². The molecular formula is C11H8N6O2S. The molecule has 2 heterocycles. The van der Waals surface area contributed by atoms with E-state index in [0.717, 1.165) is 4.68 Å². The van der Waals surface area contributed by atoms with Crippen LogP contribution in [0.15, 0.2) is 24.3 Å². The molecular weight excluding hydrogens is 280 g/mol. The van der Waals surface area contributed by atoms with E-state index in [2.05, 4.69) is 25.8 Å². The molecule has 8 nitrogen and oxygen atoms in total. The molecule has 0 aliphatic carbocycles. The van der Waals surface area contributed by atoms with Crippen molar-refractivity contribution in [3.63, 3.8) is 0 Å². The Labute approximate surface area is 116 Å². The third-order valence-corrected chi connectivity index (χ3v) is 3.24. The topological polar surface area (TPSA) is 103 Å². The van der Waals surface area contributed by atoms with Crippen molar-refractivity contribution in [1.29, 1.82) is 0 Å². The summed E-state index contributed by atoms with van der Waals surface area (Å²) in [6, 6.07) is 6.88. The summed E-state index contributed by atoms with van der Waals surface area (Å²) < 4.78 is 0.957. The van der Waals surface area contributed by atoms with E-state index < -0.39 is 11.8 Å². The van der Waals surface area contributed by atoms with Gasteiger partial charge in [0.25, 0.3) is 0 Å². The molecule has 0 saturated heterocycles. The van der Waals surface area contributed by atoms with Crippen LogP contribution >= 0.6 is 11.3 Å². The Morgan fingerprint density at radius 2 is 2.00 bits per heavy atom. The van der Waals surface area contributed by atoms with Crippen LogP contribution in [-0.2, 0) is 4.79 Å². The molecule has 20 heavy (non-hydrogen) atoms. The minimum atomic E-state index is -0.836. The van der Waals surface area contributed by atoms with Crippen LogP contribution in [0, 0.1) is 6.92 Å². The van der Waals surface area contributed by atoms with E-state index in [4.69, 9.17) is 0 Å². The monoisotopic (exact) mass is 288 g/mol. The van der Waals surface area contributed by atoms with Crippen molar-refractivity contribution in [2.75, 3.05) is 5.32 Å². The third-order valence-electron chi connectivity index (χ3n) is 2.48. The fraction of sp³-hybridized carbons (Fsp3) is 0.0909. The van der Waals surface area contributed by atoms with Gasteiger partial charge in [0.05, 0.1) is 5.52 Å². The van der Waals surface area contributed by atoms with Gasteiger partial charge in [-0.15, -0.1) is 15.3 Å². The van der Waals surface area contributed by atoms with Gasteiger partial charge in [0.1, 0.15) is 10.5 Å². The van der Waals surface area contributed by atoms with Crippen LogP contribution < -0.4 is 5.32 Å². The summed E-state index contributed by atoms with van der Waals surface area (Å²) in [5.74, 6) is -1.66. The lowest BCUT2D eigenvalue weighted by Gasteiger charge is -2.00. The summed E-state index contributed by atoms with van der Waals surface area (Å²) in [4.78, 5) is 23.9. The molecule has 2 aromatic heterocycles. The smallest absolute Gasteiger partial charge is 0.292 e. The number of benzene rings is 1. The quantitative estimate of drug-likeness (QED) is 0.666. The molecule has 0 aliphatic heterocycles. The first-order valence-corrected chi connectivity index (χ1v) is 6.43. The number of nitrogens with one attached hydrogen (secondary N) is 1. The van der Waals surface area contributed by atoms with Crippen molar-refractivity contribution in [2.24, 2.45) is 0 Å². The second kappa shape index (κ2) is 4.78. The average Bonchev–Trinajstić information content (AvgIpc) is 3.04. The predicted molar refractivity (Wildman–Crippen MR) is 71.4 cm³/mol. The van der Waals surface area contributed by atoms with Crippen molar-refractivity contribution in [3.05, 3.63) is 29.3 Å². The van der Waals surface area contributed by atoms with Crippen molar-refractivity contribution < 1.29 is 9.59 Å². The van der Waals surface area contributed by atoms with Crippen LogP contribution in [-0.4, -0.2) is 37.0 Å². The molecule has 0 fully saturated rings. The van der Waals surface area contributed by atoms with Gasteiger partial charge in [0.15, 0.2) is 0 Å². The van der Waals surface area contributed by atoms with Crippen LogP contribution in [0.25, 0.3) is 11.0 Å². The number of para-hydroxylation sites is 1. The number of anilines is 1. The van der Waals surface area contributed by atoms with E-state index >= 15 is 0 Å². The molecule has 1 amide bonds. The Morgan fingerprint density at radius 3 is 2.75 bits per heavy atom. The summed E-state index contributed by atoms with van der Waals surface area (Å²) in [5, 5.41) is 18.3. The maximum absolute atomic E-state index is 12.0. The SMILES string of the molecule is Cc1nnc(NC(=O)C(=O)n2nnc3ccccc32)s1. The molecule has 0 spiro atoms. The molecule has 3 aromatic rings. The summed E-state index contributed by atoms with van der Waals surface area (Å²) in [6.45, 7) is 1.75. The number of rotatable bonds is 1. The number of hydrogen-bond donors (Lipinski definition) is 1. The van der Waals surface area contributed by atoms with Gasteiger partial charge in [-0.25, -0.2) is 0 Å². The number of hydrogen-bond acceptors (Lipinski definition) is 7. The van der Waals surface area contributed by atoms with E-state index in [1.54, 1.807) is 31.2 Å². The third kappa shape index (κ3) is 2.14. The zero-order valence-electron chi connectivity index (χ0n) is 10.3. The standard InChI is InChI=1S/C11H8N6O2S/c1-6-13-15-11(20-6)12-9(18)10(19)17-8-5-3-2-4-7(8)14-16-17/h2-5H,1H3,(H,12,15,18). The maximum Gasteiger partial charge on any atom is 0.338 e. The number of nitrogens with zero attached hydrogens (tertiary/aromatic N) is 5. The lowest BCUT2D eigenvalue weighted by Crippen LogP contribution is -2.29. The molecule has 0 unspecified atom stereocenters. The Balaban J connectivity index is 1.86. The first kappa shape index (κ1) is 12.4. The number of fused-ring (bicyclic) bond motifs is 1. The van der Waals surface area contributed by atoms with Gasteiger partial charge in [-0.3, -0.25) is 14.9 Å². The summed E-state index contributed by atoms with van der Waals surface area (Å²) in [6.07, 6.45) is 0. The second-order valence-corrected chi connectivity index (χ2v) is 5.06. The molecule has 1 aromatic carbocycles. The Hall–Kier alpha value is -2.68. The maximum atomic E-state index is 12.0. The van der Waals surface area contributed by atoms with E-state index in [-0.39, 0.29) is 5.13 Å². The zero-order valence-corrected chi connectivity index (χ0v) is 11.1. The number of aromatic nitrogens is 5. The summed E-state index contributed by atoms with van der Waals surface area (Å²) in [7, 11) is 0. The molecule has 1 N–H and O–H groups in total. The molecule has 9 heteroatoms. The largest absolute Gasteiger partial charge is 0.338 e. The average molecular weight is 288 g/mol. The summed E-state index contributed by atoms with van der Waals surface area (Å²) >= 11 is 1.18. The highest BCUT2D eigenvalue weighted by molar-refractivity contribution is 7.15. The van der Waals surface area contributed by atoms with Crippen molar-refractivity contribution in [2.45, 2.75) is 6.92 Å². The van der Waals surface area contributed by atoms with Crippen LogP contribution in [0.4, 0.5) is 5.13 Å². The molecule has 3 rings (SSSR count). The highest BCUT2D eigenvalue weighted by Gasteiger charge is 2.21. The van der Waals surface area contributed by atoms with Gasteiger partial charge in [-0.05, 0) is 19.1 Å². The fourth-order valence-electron chi connectivity index (χ4n) is 1.61. The van der Waals surface area contributed by atoms with Gasteiger partial charge in [-0.2, -0.15) is 4.68 Å². The van der Waals surface area contributed by atoms with E-state index in [1.807, 2.05) is 0 Å². The molecule has 0 saturated carbocycles. The van der Waals surface area contributed by atoms with Crippen molar-refractivity contribution in [1.82, 2.24) is 25.2 Å². The van der Waals surface area contributed by atoms with Crippen LogP contribution in [0.2, 0.25) is 0 Å². The van der Waals surface area contributed by atoms with Crippen LogP contribution in [0.3, 0.4) is 0 Å². The number of amides is 1. The molecule has 0 aliphatic rings. The predicted octanol–water partition coefficient (Wildman–Crippen LogP) is 0.870. The van der Waals surface area contributed by atoms with Crippen LogP contribution in [0.1, 0.15) is 9.80 Å². The van der Waals surface area contributed by atoms with E-state index in [9.17, 15) is 9.59 Å². The van der Waals surface area contributed by atoms with Gasteiger partial charge in [0, 0.05) is 0 Å². The Bertz CT molecular complexity index is 808. The number of carbonyl (C=O) groups is 2. The molecule has 0 atom stereocenters. The van der Waals surface area contributed by atoms with Crippen molar-refractivity contribution >= 4 is 39.3 Å². The summed E-state index contributed by atoms with van der Waals surface area (Å²) in [5.41, 5.74) is 1.02. The second-order valence-electron chi connectivity index (χ2n) is 3.88. The minimum absolute atomic E-state index is 0.269. The highest BCUT2D eigenvalue weighted by Crippen LogP contribution is 2.14. The normalized spacial score (nSPS) is 10.7. The lowest BCUT2D eigenvalue weighted by molar-refractivity contribution is -0.113. The van der Waals surface area contributed by atoms with Gasteiger partial charge >= 0.3 is 11.8 Å². The Morgan fingerprint density at radius 1 is 1.20 bits per heavy atom. The van der Waals surface area contributed by atoms with Crippen LogP contribution in [0.5, 0.6) is 0 Å². The first-order valence-electron chi connectivity index (χ1n) is 5.61. The fourth-order valence-corrected chi connectivity index (χ4v) is 2.20. The zero-order chi connectivity index (χ0) is 14.1. The minimum Gasteiger partial charge on any atom is -0.292 e.